The number of nitrogens with one attached hydrogen (secondary N) is 1. The first-order chi connectivity index (χ1) is 17.5. The summed E-state index contributed by atoms with van der Waals surface area (Å²) < 4.78 is 26.1. The summed E-state index contributed by atoms with van der Waals surface area (Å²) in [6.07, 6.45) is 4.84. The number of fused-ring (bicyclic) bond motifs is 1. The summed E-state index contributed by atoms with van der Waals surface area (Å²) in [6, 6.07) is 9.09. The van der Waals surface area contributed by atoms with Gasteiger partial charge in [-0.2, -0.15) is 0 Å². The third kappa shape index (κ3) is 4.70. The normalized spacial score (nSPS) is 15.3. The van der Waals surface area contributed by atoms with Crippen LogP contribution in [-0.2, 0) is 24.4 Å². The molecule has 11 heteroatoms. The van der Waals surface area contributed by atoms with E-state index < -0.39 is 5.82 Å². The molecule has 0 spiro atoms. The Hall–Kier alpha value is -3.73. The van der Waals surface area contributed by atoms with Crippen molar-refractivity contribution >= 4 is 29.1 Å². The van der Waals surface area contributed by atoms with Crippen molar-refractivity contribution in [2.75, 3.05) is 19.0 Å². The fourth-order valence-electron chi connectivity index (χ4n) is 4.38. The molecule has 186 valence electrons. The lowest BCUT2D eigenvalue weighted by molar-refractivity contribution is 0.0386. The lowest BCUT2D eigenvalue weighted by Crippen LogP contribution is -2.49. The summed E-state index contributed by atoms with van der Waals surface area (Å²) >= 11 is 6.47. The number of carbonyl (C=O) groups excluding carboxylic acids is 1. The summed E-state index contributed by atoms with van der Waals surface area (Å²) in [5.74, 6) is 0.358. The molecule has 0 bridgehead atoms. The number of amides is 1. The number of aliphatic hydroxyl groups excluding tert-OH is 1. The van der Waals surface area contributed by atoms with Gasteiger partial charge in [0.15, 0.2) is 5.82 Å². The molecule has 1 atom stereocenters. The third-order valence-corrected chi connectivity index (χ3v) is 6.42. The summed E-state index contributed by atoms with van der Waals surface area (Å²) in [5.41, 5.74) is 3.02. The largest absolute Gasteiger partial charge is 0.392 e. The zero-order valence-electron chi connectivity index (χ0n) is 19.3. The number of methoxy groups -OCH3 is 1. The maximum absolute atomic E-state index is 14.0. The van der Waals surface area contributed by atoms with Gasteiger partial charge in [0, 0.05) is 49.8 Å². The highest BCUT2D eigenvalue weighted by Gasteiger charge is 2.34. The van der Waals surface area contributed by atoms with Gasteiger partial charge in [-0.25, -0.2) is 9.37 Å². The highest BCUT2D eigenvalue weighted by molar-refractivity contribution is 6.33. The molecule has 9 nitrogen and oxygen atoms in total. The van der Waals surface area contributed by atoms with Gasteiger partial charge in [0.2, 0.25) is 0 Å². The minimum Gasteiger partial charge on any atom is -0.392 e. The van der Waals surface area contributed by atoms with Crippen LogP contribution in [0.3, 0.4) is 0 Å². The second-order valence-corrected chi connectivity index (χ2v) is 8.85. The highest BCUT2D eigenvalue weighted by atomic mass is 35.5. The number of aliphatic hydroxyl groups is 1. The maximum Gasteiger partial charge on any atom is 0.271 e. The predicted octanol–water partition coefficient (Wildman–Crippen LogP) is 4.24. The number of anilines is 2. The van der Waals surface area contributed by atoms with E-state index in [2.05, 4.69) is 15.5 Å². The van der Waals surface area contributed by atoms with Crippen LogP contribution in [-0.4, -0.2) is 50.4 Å². The van der Waals surface area contributed by atoms with Crippen molar-refractivity contribution in [2.45, 2.75) is 25.7 Å². The van der Waals surface area contributed by atoms with Crippen molar-refractivity contribution < 1.29 is 23.6 Å². The van der Waals surface area contributed by atoms with Gasteiger partial charge in [0.05, 0.1) is 24.3 Å². The van der Waals surface area contributed by atoms with E-state index in [-0.39, 0.29) is 25.1 Å². The minimum atomic E-state index is -0.428. The number of nitrogens with zero attached hydrogens (tertiary/aromatic N) is 4. The van der Waals surface area contributed by atoms with Crippen molar-refractivity contribution in [3.63, 3.8) is 0 Å². The van der Waals surface area contributed by atoms with Crippen molar-refractivity contribution in [3.05, 3.63) is 82.7 Å². The van der Waals surface area contributed by atoms with Crippen molar-refractivity contribution in [3.8, 4) is 11.1 Å². The van der Waals surface area contributed by atoms with Crippen LogP contribution >= 0.6 is 11.6 Å². The molecule has 1 aliphatic heterocycles. The average molecular weight is 512 g/mol. The van der Waals surface area contributed by atoms with Crippen molar-refractivity contribution in [1.82, 2.24) is 19.6 Å². The van der Waals surface area contributed by atoms with Gasteiger partial charge in [-0.1, -0.05) is 22.8 Å². The Labute approximate surface area is 211 Å². The lowest BCUT2D eigenvalue weighted by Gasteiger charge is -2.36. The molecule has 0 aliphatic carbocycles. The standard InChI is InChI=1S/C25H23ClFN5O4/c1-35-14-19-12-31-10-17(20-8-24(28-9-21(20)26)29-23-4-5-36-30-23)7-22(31)25(34)32(19)11-16-6-18(27)3-2-15(16)13-33/h2-10,19,33H,11-14H2,1H3,(H,28,29,30)/t19-/m1/s1. The van der Waals surface area contributed by atoms with Crippen molar-refractivity contribution in [2.24, 2.45) is 0 Å². The Morgan fingerprint density at radius 2 is 2.11 bits per heavy atom. The molecule has 2 N–H and O–H groups in total. The Morgan fingerprint density at radius 1 is 1.25 bits per heavy atom. The van der Waals surface area contributed by atoms with E-state index >= 15 is 0 Å². The maximum atomic E-state index is 14.0. The van der Waals surface area contributed by atoms with Gasteiger partial charge in [-0.3, -0.25) is 4.79 Å². The zero-order chi connectivity index (χ0) is 25.2. The number of benzene rings is 1. The van der Waals surface area contributed by atoms with E-state index in [1.54, 1.807) is 30.2 Å². The van der Waals surface area contributed by atoms with Crippen LogP contribution in [0.15, 0.2) is 59.6 Å². The molecule has 0 saturated carbocycles. The topological polar surface area (TPSA) is 106 Å². The summed E-state index contributed by atoms with van der Waals surface area (Å²) in [7, 11) is 1.57. The van der Waals surface area contributed by atoms with E-state index in [1.165, 1.54) is 30.7 Å². The fraction of sp³-hybridized carbons (Fsp3) is 0.240. The highest BCUT2D eigenvalue weighted by Crippen LogP contribution is 2.34. The first-order valence-electron chi connectivity index (χ1n) is 11.2. The molecule has 4 heterocycles. The Bertz CT molecular complexity index is 1390. The number of carbonyl (C=O) groups is 1. The lowest BCUT2D eigenvalue weighted by atomic mass is 10.0. The Morgan fingerprint density at radius 3 is 2.86 bits per heavy atom. The molecule has 4 aromatic rings. The van der Waals surface area contributed by atoms with Crippen LogP contribution in [0.25, 0.3) is 11.1 Å². The van der Waals surface area contributed by atoms with E-state index in [1.807, 2.05) is 10.8 Å². The summed E-state index contributed by atoms with van der Waals surface area (Å²) in [4.78, 5) is 19.6. The molecule has 0 fully saturated rings. The first-order valence-corrected chi connectivity index (χ1v) is 11.6. The number of ether oxygens (including phenoxy) is 1. The van der Waals surface area contributed by atoms with E-state index in [0.29, 0.717) is 52.2 Å². The number of rotatable bonds is 8. The molecule has 0 unspecified atom stereocenters. The molecule has 0 saturated heterocycles. The van der Waals surface area contributed by atoms with E-state index in [4.69, 9.17) is 20.9 Å². The Kier molecular flexibility index (Phi) is 6.73. The quantitative estimate of drug-likeness (QED) is 0.364. The number of hydrogen-bond acceptors (Lipinski definition) is 7. The van der Waals surface area contributed by atoms with Crippen LogP contribution in [0.1, 0.15) is 21.6 Å². The van der Waals surface area contributed by atoms with Crippen LogP contribution in [0.5, 0.6) is 0 Å². The third-order valence-electron chi connectivity index (χ3n) is 6.12. The molecule has 0 radical (unpaired) electrons. The van der Waals surface area contributed by atoms with Gasteiger partial charge in [0.1, 0.15) is 23.6 Å². The van der Waals surface area contributed by atoms with E-state index in [0.717, 1.165) is 5.56 Å². The number of aromatic nitrogens is 3. The first kappa shape index (κ1) is 24.0. The van der Waals surface area contributed by atoms with E-state index in [9.17, 15) is 14.3 Å². The molecule has 1 aromatic carbocycles. The predicted molar refractivity (Wildman–Crippen MR) is 130 cm³/mol. The monoisotopic (exact) mass is 511 g/mol. The summed E-state index contributed by atoms with van der Waals surface area (Å²) in [5, 5.41) is 17.0. The molecule has 1 amide bonds. The molecular weight excluding hydrogens is 489 g/mol. The van der Waals surface area contributed by atoms with Gasteiger partial charge < -0.3 is 29.2 Å². The SMILES string of the molecule is COC[C@H]1Cn2cc(-c3cc(Nc4ccon4)ncc3Cl)cc2C(=O)N1Cc1cc(F)ccc1CO. The number of hydrogen-bond donors (Lipinski definition) is 2. The fourth-order valence-corrected chi connectivity index (χ4v) is 4.59. The van der Waals surface area contributed by atoms with Gasteiger partial charge >= 0.3 is 0 Å². The molecular formula is C25H23ClFN5O4. The average Bonchev–Trinajstić information content (AvgIpc) is 3.53. The van der Waals surface area contributed by atoms with Gasteiger partial charge in [0.25, 0.3) is 5.91 Å². The van der Waals surface area contributed by atoms with Gasteiger partial charge in [-0.15, -0.1) is 0 Å². The second-order valence-electron chi connectivity index (χ2n) is 8.44. The zero-order valence-corrected chi connectivity index (χ0v) is 20.1. The van der Waals surface area contributed by atoms with Gasteiger partial charge in [-0.05, 0) is 35.4 Å². The smallest absolute Gasteiger partial charge is 0.271 e. The minimum absolute atomic E-state index is 0.142. The van der Waals surface area contributed by atoms with Crippen LogP contribution in [0.2, 0.25) is 5.02 Å². The number of pyridine rings is 1. The van der Waals surface area contributed by atoms with Crippen LogP contribution in [0.4, 0.5) is 16.0 Å². The molecule has 36 heavy (non-hydrogen) atoms. The van der Waals surface area contributed by atoms with Crippen LogP contribution < -0.4 is 5.32 Å². The summed E-state index contributed by atoms with van der Waals surface area (Å²) in [6.45, 7) is 0.664. The van der Waals surface area contributed by atoms with Crippen molar-refractivity contribution in [1.29, 1.82) is 0 Å². The van der Waals surface area contributed by atoms with Crippen LogP contribution in [0, 0.1) is 5.82 Å². The molecule has 5 rings (SSSR count). The Balaban J connectivity index is 1.48. The molecule has 1 aliphatic rings. The number of halogens is 2. The second kappa shape index (κ2) is 10.1. The molecule has 3 aromatic heterocycles.